The molecular weight excluding hydrogens is 457 g/mol. The van der Waals surface area contributed by atoms with E-state index >= 15 is 0 Å². The molecule has 2 aromatic rings. The van der Waals surface area contributed by atoms with Gasteiger partial charge in [0.2, 0.25) is 5.92 Å². The van der Waals surface area contributed by atoms with Crippen LogP contribution < -0.4 is 4.74 Å². The highest BCUT2D eigenvalue weighted by atomic mass is 19.4. The van der Waals surface area contributed by atoms with Crippen molar-refractivity contribution in [2.45, 2.75) is 69.7 Å². The molecule has 0 radical (unpaired) electrons. The Kier molecular flexibility index (Phi) is 7.03. The molecule has 0 bridgehead atoms. The molecule has 1 unspecified atom stereocenters. The van der Waals surface area contributed by atoms with E-state index in [9.17, 15) is 26.7 Å². The molecule has 9 heteroatoms. The Hall–Kier alpha value is -2.42. The van der Waals surface area contributed by atoms with Crippen LogP contribution in [0.3, 0.4) is 0 Å². The Balaban J connectivity index is 1.54. The van der Waals surface area contributed by atoms with Crippen LogP contribution in [-0.2, 0) is 17.5 Å². The molecule has 1 heterocycles. The first kappa shape index (κ1) is 24.7. The second-order valence-corrected chi connectivity index (χ2v) is 9.51. The zero-order valence-electron chi connectivity index (χ0n) is 18.7. The number of ether oxygens (including phenoxy) is 1. The Morgan fingerprint density at radius 2 is 1.85 bits per heavy atom. The van der Waals surface area contributed by atoms with Crippen molar-refractivity contribution in [3.63, 3.8) is 0 Å². The van der Waals surface area contributed by atoms with Crippen molar-refractivity contribution in [2.24, 2.45) is 5.92 Å². The summed E-state index contributed by atoms with van der Waals surface area (Å²) >= 11 is 0. The van der Waals surface area contributed by atoms with Crippen molar-refractivity contribution in [1.82, 2.24) is 4.90 Å². The van der Waals surface area contributed by atoms with Gasteiger partial charge < -0.3 is 9.84 Å². The van der Waals surface area contributed by atoms with Gasteiger partial charge in [0.15, 0.2) is 0 Å². The van der Waals surface area contributed by atoms with Crippen LogP contribution >= 0.6 is 0 Å². The van der Waals surface area contributed by atoms with Gasteiger partial charge in [0.05, 0.1) is 6.10 Å². The third-order valence-electron chi connectivity index (χ3n) is 6.76. The zero-order chi connectivity index (χ0) is 24.5. The van der Waals surface area contributed by atoms with Gasteiger partial charge in [-0.2, -0.15) is 13.2 Å². The van der Waals surface area contributed by atoms with E-state index in [0.29, 0.717) is 18.5 Å². The van der Waals surface area contributed by atoms with Gasteiger partial charge in [-0.05, 0) is 66.6 Å². The summed E-state index contributed by atoms with van der Waals surface area (Å²) < 4.78 is 74.5. The van der Waals surface area contributed by atoms with E-state index in [2.05, 4.69) is 4.90 Å². The number of likely N-dealkylation sites (tertiary alicyclic amines) is 1. The molecule has 186 valence electrons. The largest absolute Gasteiger partial charge is 0.490 e. The molecular formula is C25H28F5NO3. The SMILES string of the molecule is O=C(O)CC1CCCN(Cc2ccc3c(C(F)(F)F)c(OC4CCC(F)(F)CC4)ccc3c2)C1. The summed E-state index contributed by atoms with van der Waals surface area (Å²) in [6, 6.07) is 7.67. The molecule has 1 aliphatic heterocycles. The summed E-state index contributed by atoms with van der Waals surface area (Å²) in [5, 5.41) is 9.48. The van der Waals surface area contributed by atoms with Crippen LogP contribution in [0.2, 0.25) is 0 Å². The van der Waals surface area contributed by atoms with Gasteiger partial charge in [0.1, 0.15) is 11.3 Å². The molecule has 1 saturated carbocycles. The highest BCUT2D eigenvalue weighted by molar-refractivity contribution is 5.89. The van der Waals surface area contributed by atoms with Crippen LogP contribution in [0.25, 0.3) is 10.8 Å². The van der Waals surface area contributed by atoms with E-state index in [1.807, 2.05) is 0 Å². The number of carbonyl (C=O) groups is 1. The second-order valence-electron chi connectivity index (χ2n) is 9.51. The number of halogens is 5. The minimum Gasteiger partial charge on any atom is -0.490 e. The molecule has 0 spiro atoms. The molecule has 0 amide bonds. The van der Waals surface area contributed by atoms with Gasteiger partial charge in [0, 0.05) is 32.4 Å². The summed E-state index contributed by atoms with van der Waals surface area (Å²) in [6.45, 7) is 1.99. The Bertz CT molecular complexity index is 1030. The number of carboxylic acid groups (broad SMARTS) is 1. The number of nitrogens with zero attached hydrogens (tertiary/aromatic N) is 1. The number of piperidine rings is 1. The number of carboxylic acids is 1. The van der Waals surface area contributed by atoms with E-state index in [4.69, 9.17) is 9.84 Å². The van der Waals surface area contributed by atoms with E-state index in [1.54, 1.807) is 18.2 Å². The molecule has 2 aliphatic rings. The first-order valence-electron chi connectivity index (χ1n) is 11.6. The number of benzene rings is 2. The van der Waals surface area contributed by atoms with Crippen LogP contribution in [0, 0.1) is 5.92 Å². The molecule has 2 fully saturated rings. The van der Waals surface area contributed by atoms with Crippen molar-refractivity contribution in [3.8, 4) is 5.75 Å². The van der Waals surface area contributed by atoms with Gasteiger partial charge >= 0.3 is 12.1 Å². The Morgan fingerprint density at radius 1 is 1.12 bits per heavy atom. The minimum atomic E-state index is -4.66. The third kappa shape index (κ3) is 5.98. The molecule has 1 aliphatic carbocycles. The maximum Gasteiger partial charge on any atom is 0.420 e. The average Bonchev–Trinajstić information content (AvgIpc) is 2.74. The fraction of sp³-hybridized carbons (Fsp3) is 0.560. The lowest BCUT2D eigenvalue weighted by molar-refractivity contribution is -0.139. The summed E-state index contributed by atoms with van der Waals surface area (Å²) in [5.41, 5.74) is -0.0341. The van der Waals surface area contributed by atoms with Gasteiger partial charge in [-0.15, -0.1) is 0 Å². The number of rotatable bonds is 6. The minimum absolute atomic E-state index is 0.0114. The van der Waals surface area contributed by atoms with Crippen molar-refractivity contribution < 1.29 is 36.6 Å². The smallest absolute Gasteiger partial charge is 0.420 e. The standard InChI is InChI=1S/C25H28F5NO3/c26-24(27)9-7-19(8-10-24)34-21-6-4-18-12-17(3-5-20(18)23(21)25(28,29)30)15-31-11-1-2-16(14-31)13-22(32)33/h3-6,12,16,19H,1-2,7-11,13-15H2,(H,32,33). The van der Waals surface area contributed by atoms with Crippen LogP contribution in [-0.4, -0.2) is 41.1 Å². The fourth-order valence-corrected chi connectivity index (χ4v) is 5.13. The number of hydrogen-bond donors (Lipinski definition) is 1. The Morgan fingerprint density at radius 3 is 2.53 bits per heavy atom. The quantitative estimate of drug-likeness (QED) is 0.475. The first-order valence-corrected chi connectivity index (χ1v) is 11.6. The maximum absolute atomic E-state index is 14.0. The second kappa shape index (κ2) is 9.68. The van der Waals surface area contributed by atoms with Crippen LogP contribution in [0.4, 0.5) is 22.0 Å². The van der Waals surface area contributed by atoms with Gasteiger partial charge in [-0.25, -0.2) is 8.78 Å². The van der Waals surface area contributed by atoms with Crippen molar-refractivity contribution in [1.29, 1.82) is 0 Å². The van der Waals surface area contributed by atoms with E-state index < -0.39 is 29.7 Å². The lowest BCUT2D eigenvalue weighted by atomic mass is 9.93. The summed E-state index contributed by atoms with van der Waals surface area (Å²) in [5.74, 6) is -3.86. The van der Waals surface area contributed by atoms with E-state index in [1.165, 1.54) is 12.1 Å². The maximum atomic E-state index is 14.0. The van der Waals surface area contributed by atoms with E-state index in [-0.39, 0.29) is 49.2 Å². The fourth-order valence-electron chi connectivity index (χ4n) is 5.13. The van der Waals surface area contributed by atoms with E-state index in [0.717, 1.165) is 24.9 Å². The van der Waals surface area contributed by atoms with Gasteiger partial charge in [-0.3, -0.25) is 9.69 Å². The predicted molar refractivity (Wildman–Crippen MR) is 117 cm³/mol. The Labute approximate surface area is 194 Å². The first-order chi connectivity index (χ1) is 16.0. The predicted octanol–water partition coefficient (Wildman–Crippen LogP) is 6.50. The molecule has 2 aromatic carbocycles. The van der Waals surface area contributed by atoms with Crippen LogP contribution in [0.15, 0.2) is 30.3 Å². The van der Waals surface area contributed by atoms with Crippen molar-refractivity contribution in [2.75, 3.05) is 13.1 Å². The topological polar surface area (TPSA) is 49.8 Å². The number of aliphatic carboxylic acids is 1. The molecule has 4 nitrogen and oxygen atoms in total. The van der Waals surface area contributed by atoms with Crippen LogP contribution in [0.1, 0.15) is 56.1 Å². The summed E-state index contributed by atoms with van der Waals surface area (Å²) in [6.07, 6.45) is -4.22. The van der Waals surface area contributed by atoms with Gasteiger partial charge in [-0.1, -0.05) is 18.2 Å². The van der Waals surface area contributed by atoms with Crippen molar-refractivity contribution >= 4 is 16.7 Å². The van der Waals surface area contributed by atoms with Crippen LogP contribution in [0.5, 0.6) is 5.75 Å². The normalized spacial score (nSPS) is 22.1. The van der Waals surface area contributed by atoms with Gasteiger partial charge in [0.25, 0.3) is 0 Å². The summed E-state index contributed by atoms with van der Waals surface area (Å²) in [7, 11) is 0. The average molecular weight is 485 g/mol. The zero-order valence-corrected chi connectivity index (χ0v) is 18.7. The lowest BCUT2D eigenvalue weighted by Gasteiger charge is -2.32. The molecule has 0 aromatic heterocycles. The molecule has 34 heavy (non-hydrogen) atoms. The number of fused-ring (bicyclic) bond motifs is 1. The monoisotopic (exact) mass is 485 g/mol. The number of alkyl halides is 5. The third-order valence-corrected chi connectivity index (χ3v) is 6.76. The lowest BCUT2D eigenvalue weighted by Crippen LogP contribution is -2.35. The highest BCUT2D eigenvalue weighted by Crippen LogP contribution is 2.43. The number of hydrogen-bond acceptors (Lipinski definition) is 3. The van der Waals surface area contributed by atoms with Crippen molar-refractivity contribution in [3.05, 3.63) is 41.5 Å². The molecule has 4 rings (SSSR count). The highest BCUT2D eigenvalue weighted by Gasteiger charge is 2.39. The molecule has 1 N–H and O–H groups in total. The molecule has 1 saturated heterocycles. The summed E-state index contributed by atoms with van der Waals surface area (Å²) in [4.78, 5) is 13.2. The molecule has 1 atom stereocenters.